The average Bonchev–Trinajstić information content (AvgIpc) is 2.63. The number of phenols is 1. The fraction of sp³-hybridized carbons (Fsp3) is 0.619. The molecule has 0 radical (unpaired) electrons. The molecule has 0 unspecified atom stereocenters. The predicted octanol–water partition coefficient (Wildman–Crippen LogP) is 4.87. The van der Waals surface area contributed by atoms with Crippen LogP contribution in [0.15, 0.2) is 24.3 Å². The molecule has 26 heavy (non-hydrogen) atoms. The maximum atomic E-state index is 10.5. The first-order valence-electron chi connectivity index (χ1n) is 9.67. The van der Waals surface area contributed by atoms with Crippen molar-refractivity contribution in [2.45, 2.75) is 71.1 Å². The molecule has 0 bridgehead atoms. The number of hydrogen-bond acceptors (Lipinski definition) is 3. The highest BCUT2D eigenvalue weighted by atomic mass is 16.4. The van der Waals surface area contributed by atoms with E-state index in [0.717, 1.165) is 6.42 Å². The topological polar surface area (TPSA) is 94.8 Å². The molecule has 1 aromatic carbocycles. The second-order valence-electron chi connectivity index (χ2n) is 7.06. The number of rotatable bonds is 8. The van der Waals surface area contributed by atoms with Crippen LogP contribution in [-0.4, -0.2) is 27.3 Å². The molecule has 0 amide bonds. The Morgan fingerprint density at radius 2 is 1.31 bits per heavy atom. The van der Waals surface area contributed by atoms with Crippen molar-refractivity contribution >= 4 is 11.9 Å². The number of carboxylic acid groups (broad SMARTS) is 2. The SMILES string of the molecule is CCCCCCCc1ccc(O)cc1.O=C(O)[C@H]1CC[C@H](C(=O)O)CC1. The molecular formula is C21H32O5. The van der Waals surface area contributed by atoms with E-state index in [2.05, 4.69) is 6.92 Å². The van der Waals surface area contributed by atoms with Gasteiger partial charge in [0.1, 0.15) is 5.75 Å². The second-order valence-corrected chi connectivity index (χ2v) is 7.06. The lowest BCUT2D eigenvalue weighted by molar-refractivity contribution is -0.148. The molecule has 0 spiro atoms. The minimum Gasteiger partial charge on any atom is -0.508 e. The minimum atomic E-state index is -0.793. The zero-order chi connectivity index (χ0) is 19.4. The van der Waals surface area contributed by atoms with Crippen LogP contribution in [-0.2, 0) is 16.0 Å². The van der Waals surface area contributed by atoms with Crippen LogP contribution in [0.5, 0.6) is 5.75 Å². The van der Waals surface area contributed by atoms with E-state index < -0.39 is 11.9 Å². The van der Waals surface area contributed by atoms with E-state index in [1.807, 2.05) is 12.1 Å². The molecule has 1 fully saturated rings. The van der Waals surface area contributed by atoms with Gasteiger partial charge < -0.3 is 15.3 Å². The maximum absolute atomic E-state index is 10.5. The van der Waals surface area contributed by atoms with Gasteiger partial charge in [0, 0.05) is 0 Å². The van der Waals surface area contributed by atoms with Crippen molar-refractivity contribution in [3.05, 3.63) is 29.8 Å². The highest BCUT2D eigenvalue weighted by Gasteiger charge is 2.29. The molecule has 5 nitrogen and oxygen atoms in total. The molecule has 1 aliphatic rings. The molecule has 0 aromatic heterocycles. The number of unbranched alkanes of at least 4 members (excludes halogenated alkanes) is 4. The van der Waals surface area contributed by atoms with Gasteiger partial charge in [-0.15, -0.1) is 0 Å². The Hall–Kier alpha value is -2.04. The number of benzene rings is 1. The minimum absolute atomic E-state index is 0.319. The van der Waals surface area contributed by atoms with E-state index >= 15 is 0 Å². The van der Waals surface area contributed by atoms with Crippen molar-refractivity contribution in [1.82, 2.24) is 0 Å². The van der Waals surface area contributed by atoms with Crippen LogP contribution >= 0.6 is 0 Å². The van der Waals surface area contributed by atoms with Crippen molar-refractivity contribution in [3.63, 3.8) is 0 Å². The van der Waals surface area contributed by atoms with Gasteiger partial charge in [-0.2, -0.15) is 0 Å². The van der Waals surface area contributed by atoms with Crippen LogP contribution in [0.25, 0.3) is 0 Å². The number of aromatic hydroxyl groups is 1. The largest absolute Gasteiger partial charge is 0.508 e. The van der Waals surface area contributed by atoms with Crippen molar-refractivity contribution in [2.75, 3.05) is 0 Å². The smallest absolute Gasteiger partial charge is 0.306 e. The van der Waals surface area contributed by atoms with Gasteiger partial charge in [-0.1, -0.05) is 44.7 Å². The standard InChI is InChI=1S/C13H20O.C8H12O4/c1-2-3-4-5-6-7-12-8-10-13(14)11-9-12;9-7(10)5-1-2-6(4-3-5)8(11)12/h8-11,14H,2-7H2,1H3;5-6H,1-4H2,(H,9,10)(H,11,12)/t;5-,6-. The zero-order valence-corrected chi connectivity index (χ0v) is 15.7. The van der Waals surface area contributed by atoms with Crippen LogP contribution in [0, 0.1) is 11.8 Å². The summed E-state index contributed by atoms with van der Waals surface area (Å²) in [5.74, 6) is -1.86. The van der Waals surface area contributed by atoms with E-state index in [9.17, 15) is 9.59 Å². The van der Waals surface area contributed by atoms with E-state index in [1.165, 1.54) is 37.7 Å². The Bertz CT molecular complexity index is 508. The number of aliphatic carboxylic acids is 2. The molecule has 0 aliphatic heterocycles. The molecule has 0 atom stereocenters. The van der Waals surface area contributed by atoms with Gasteiger partial charge in [-0.3, -0.25) is 9.59 Å². The van der Waals surface area contributed by atoms with Crippen LogP contribution in [0.3, 0.4) is 0 Å². The fourth-order valence-electron chi connectivity index (χ4n) is 3.18. The first kappa shape index (κ1) is 22.0. The molecular weight excluding hydrogens is 332 g/mol. The summed E-state index contributed by atoms with van der Waals surface area (Å²) in [6.45, 7) is 2.24. The van der Waals surface area contributed by atoms with Gasteiger partial charge in [0.15, 0.2) is 0 Å². The van der Waals surface area contributed by atoms with Gasteiger partial charge in [-0.05, 0) is 56.2 Å². The summed E-state index contributed by atoms with van der Waals surface area (Å²) in [6.07, 6.45) is 9.78. The molecule has 1 aliphatic carbocycles. The third kappa shape index (κ3) is 8.88. The fourth-order valence-corrected chi connectivity index (χ4v) is 3.18. The molecule has 1 aromatic rings. The van der Waals surface area contributed by atoms with Crippen molar-refractivity contribution in [3.8, 4) is 5.75 Å². The van der Waals surface area contributed by atoms with Crippen molar-refractivity contribution in [2.24, 2.45) is 11.8 Å². The van der Waals surface area contributed by atoms with Crippen LogP contribution in [0.4, 0.5) is 0 Å². The molecule has 1 saturated carbocycles. The summed E-state index contributed by atoms with van der Waals surface area (Å²) in [5, 5.41) is 26.3. The van der Waals surface area contributed by atoms with Crippen molar-refractivity contribution in [1.29, 1.82) is 0 Å². The lowest BCUT2D eigenvalue weighted by Gasteiger charge is -2.22. The third-order valence-electron chi connectivity index (χ3n) is 4.93. The molecule has 0 saturated heterocycles. The summed E-state index contributed by atoms with van der Waals surface area (Å²) in [5.41, 5.74) is 1.33. The van der Waals surface area contributed by atoms with Gasteiger partial charge in [0.2, 0.25) is 0 Å². The number of aryl methyl sites for hydroxylation is 1. The highest BCUT2D eigenvalue weighted by molar-refractivity contribution is 5.72. The molecule has 0 heterocycles. The summed E-state index contributed by atoms with van der Waals surface area (Å²) < 4.78 is 0. The quantitative estimate of drug-likeness (QED) is 0.572. The number of phenolic OH excluding ortho intramolecular Hbond substituents is 1. The predicted molar refractivity (Wildman–Crippen MR) is 101 cm³/mol. The summed E-state index contributed by atoms with van der Waals surface area (Å²) in [7, 11) is 0. The summed E-state index contributed by atoms with van der Waals surface area (Å²) in [4.78, 5) is 21.0. The van der Waals surface area contributed by atoms with Crippen LogP contribution in [0.1, 0.15) is 70.3 Å². The van der Waals surface area contributed by atoms with E-state index in [4.69, 9.17) is 15.3 Å². The zero-order valence-electron chi connectivity index (χ0n) is 15.7. The Labute approximate surface area is 156 Å². The molecule has 5 heteroatoms. The summed E-state index contributed by atoms with van der Waals surface area (Å²) >= 11 is 0. The Morgan fingerprint density at radius 3 is 1.73 bits per heavy atom. The first-order valence-corrected chi connectivity index (χ1v) is 9.67. The Kier molecular flexibility index (Phi) is 10.4. The Morgan fingerprint density at radius 1 is 0.846 bits per heavy atom. The number of hydrogen-bond donors (Lipinski definition) is 3. The molecule has 146 valence electrons. The first-order chi connectivity index (χ1) is 12.4. The Balaban J connectivity index is 0.000000263. The van der Waals surface area contributed by atoms with Gasteiger partial charge in [-0.25, -0.2) is 0 Å². The van der Waals surface area contributed by atoms with Crippen LogP contribution < -0.4 is 0 Å². The average molecular weight is 364 g/mol. The number of carboxylic acids is 2. The van der Waals surface area contributed by atoms with Crippen molar-refractivity contribution < 1.29 is 24.9 Å². The van der Waals surface area contributed by atoms with E-state index in [-0.39, 0.29) is 11.8 Å². The maximum Gasteiger partial charge on any atom is 0.306 e. The lowest BCUT2D eigenvalue weighted by atomic mass is 9.82. The summed E-state index contributed by atoms with van der Waals surface area (Å²) in [6, 6.07) is 7.55. The monoisotopic (exact) mass is 364 g/mol. The lowest BCUT2D eigenvalue weighted by Crippen LogP contribution is -2.25. The van der Waals surface area contributed by atoms with Crippen LogP contribution in [0.2, 0.25) is 0 Å². The second kappa shape index (κ2) is 12.3. The molecule has 2 rings (SSSR count). The van der Waals surface area contributed by atoms with E-state index in [1.54, 1.807) is 12.1 Å². The highest BCUT2D eigenvalue weighted by Crippen LogP contribution is 2.28. The van der Waals surface area contributed by atoms with Gasteiger partial charge in [0.25, 0.3) is 0 Å². The van der Waals surface area contributed by atoms with Gasteiger partial charge in [0.05, 0.1) is 11.8 Å². The molecule has 3 N–H and O–H groups in total. The van der Waals surface area contributed by atoms with E-state index in [0.29, 0.717) is 31.4 Å². The van der Waals surface area contributed by atoms with Gasteiger partial charge >= 0.3 is 11.9 Å². The number of carbonyl (C=O) groups is 2. The normalized spacial score (nSPS) is 19.3. The third-order valence-corrected chi connectivity index (χ3v) is 4.93.